The number of hydrogen-bond acceptors (Lipinski definition) is 3. The molecule has 0 saturated carbocycles. The van der Waals surface area contributed by atoms with Gasteiger partial charge in [-0.25, -0.2) is 17.5 Å². The lowest BCUT2D eigenvalue weighted by Crippen LogP contribution is -2.33. The third kappa shape index (κ3) is 3.99. The van der Waals surface area contributed by atoms with Gasteiger partial charge in [-0.1, -0.05) is 13.3 Å². The highest BCUT2D eigenvalue weighted by Crippen LogP contribution is 2.21. The van der Waals surface area contributed by atoms with Crippen LogP contribution in [-0.2, 0) is 16.6 Å². The fourth-order valence-electron chi connectivity index (χ4n) is 1.92. The molecule has 1 atom stereocenters. The number of halogens is 1. The van der Waals surface area contributed by atoms with Gasteiger partial charge in [-0.2, -0.15) is 0 Å². The summed E-state index contributed by atoms with van der Waals surface area (Å²) in [7, 11) is -3.71. The first-order valence-corrected chi connectivity index (χ1v) is 7.81. The lowest BCUT2D eigenvalue weighted by Gasteiger charge is -2.15. The van der Waals surface area contributed by atoms with Gasteiger partial charge in [0.1, 0.15) is 5.82 Å². The second-order valence-corrected chi connectivity index (χ2v) is 6.40. The van der Waals surface area contributed by atoms with Gasteiger partial charge >= 0.3 is 0 Å². The topological polar surface area (TPSA) is 72.2 Å². The number of hydrogen-bond donors (Lipinski definition) is 2. The molecule has 1 aromatic carbocycles. The van der Waals surface area contributed by atoms with Gasteiger partial charge in [-0.05, 0) is 38.0 Å². The van der Waals surface area contributed by atoms with Crippen molar-refractivity contribution in [2.75, 3.05) is 0 Å². The molecule has 0 bridgehead atoms. The highest BCUT2D eigenvalue weighted by atomic mass is 32.2. The average Bonchev–Trinajstić information content (AvgIpc) is 2.31. The molecule has 1 unspecified atom stereocenters. The third-order valence-corrected chi connectivity index (χ3v) is 4.68. The molecule has 1 aromatic rings. The van der Waals surface area contributed by atoms with Crippen LogP contribution in [0.4, 0.5) is 4.39 Å². The molecule has 0 amide bonds. The van der Waals surface area contributed by atoms with Gasteiger partial charge < -0.3 is 5.73 Å². The van der Waals surface area contributed by atoms with E-state index in [1.165, 1.54) is 19.1 Å². The normalized spacial score (nSPS) is 13.5. The molecule has 1 rings (SSSR count). The Morgan fingerprint density at radius 3 is 2.58 bits per heavy atom. The minimum absolute atomic E-state index is 0.0316. The van der Waals surface area contributed by atoms with Crippen LogP contribution in [0.25, 0.3) is 0 Å². The van der Waals surface area contributed by atoms with Crippen LogP contribution >= 0.6 is 0 Å². The number of rotatable bonds is 6. The van der Waals surface area contributed by atoms with Crippen LogP contribution in [0, 0.1) is 12.7 Å². The molecule has 0 heterocycles. The summed E-state index contributed by atoms with van der Waals surface area (Å²) in [5.74, 6) is -0.550. The summed E-state index contributed by atoms with van der Waals surface area (Å²) in [6, 6.07) is 2.52. The standard InChI is InChI=1S/C13H21FN2O2S/c1-4-5-9(2)16-19(17,18)13-7-11(8-15)6-12(14)10(13)3/h6-7,9,16H,4-5,8,15H2,1-3H3. The Kier molecular flexibility index (Phi) is 5.46. The van der Waals surface area contributed by atoms with Gasteiger partial charge in [0, 0.05) is 18.2 Å². The van der Waals surface area contributed by atoms with E-state index in [-0.39, 0.29) is 23.0 Å². The van der Waals surface area contributed by atoms with Crippen molar-refractivity contribution in [1.82, 2.24) is 4.72 Å². The predicted molar refractivity (Wildman–Crippen MR) is 73.7 cm³/mol. The van der Waals surface area contributed by atoms with Gasteiger partial charge in [-0.15, -0.1) is 0 Å². The zero-order valence-electron chi connectivity index (χ0n) is 11.5. The minimum atomic E-state index is -3.71. The number of benzene rings is 1. The van der Waals surface area contributed by atoms with Crippen molar-refractivity contribution in [3.8, 4) is 0 Å². The Morgan fingerprint density at radius 2 is 2.05 bits per heavy atom. The quantitative estimate of drug-likeness (QED) is 0.841. The van der Waals surface area contributed by atoms with E-state index in [0.29, 0.717) is 5.56 Å². The smallest absolute Gasteiger partial charge is 0.241 e. The van der Waals surface area contributed by atoms with E-state index < -0.39 is 15.8 Å². The summed E-state index contributed by atoms with van der Waals surface area (Å²) < 4.78 is 40.7. The molecule has 108 valence electrons. The molecule has 0 aliphatic heterocycles. The lowest BCUT2D eigenvalue weighted by molar-refractivity contribution is 0.540. The van der Waals surface area contributed by atoms with E-state index in [1.54, 1.807) is 6.92 Å². The fraction of sp³-hybridized carbons (Fsp3) is 0.538. The van der Waals surface area contributed by atoms with Crippen LogP contribution in [0.5, 0.6) is 0 Å². The van der Waals surface area contributed by atoms with Gasteiger partial charge in [0.15, 0.2) is 0 Å². The summed E-state index contributed by atoms with van der Waals surface area (Å²) in [6.45, 7) is 5.32. The van der Waals surface area contributed by atoms with Gasteiger partial charge in [0.2, 0.25) is 10.0 Å². The van der Waals surface area contributed by atoms with Crippen molar-refractivity contribution in [2.24, 2.45) is 5.73 Å². The van der Waals surface area contributed by atoms with Crippen molar-refractivity contribution in [3.05, 3.63) is 29.1 Å². The minimum Gasteiger partial charge on any atom is -0.326 e. The molecule has 19 heavy (non-hydrogen) atoms. The van der Waals surface area contributed by atoms with Gasteiger partial charge in [0.25, 0.3) is 0 Å². The first-order valence-electron chi connectivity index (χ1n) is 6.33. The van der Waals surface area contributed by atoms with E-state index in [1.807, 2.05) is 6.92 Å². The molecule has 0 fully saturated rings. The van der Waals surface area contributed by atoms with E-state index in [4.69, 9.17) is 5.73 Å². The Labute approximate surface area is 114 Å². The summed E-state index contributed by atoms with van der Waals surface area (Å²) in [4.78, 5) is -0.0316. The molecule has 0 aromatic heterocycles. The molecule has 6 heteroatoms. The SMILES string of the molecule is CCCC(C)NS(=O)(=O)c1cc(CN)cc(F)c1C. The van der Waals surface area contributed by atoms with E-state index in [2.05, 4.69) is 4.72 Å². The number of nitrogens with two attached hydrogens (primary N) is 1. The maximum absolute atomic E-state index is 13.7. The first kappa shape index (κ1) is 16.1. The van der Waals surface area contributed by atoms with Crippen LogP contribution in [0.2, 0.25) is 0 Å². The number of sulfonamides is 1. The van der Waals surface area contributed by atoms with Crippen molar-refractivity contribution >= 4 is 10.0 Å². The molecule has 3 N–H and O–H groups in total. The molecule has 0 spiro atoms. The largest absolute Gasteiger partial charge is 0.326 e. The Bertz CT molecular complexity index is 544. The van der Waals surface area contributed by atoms with Crippen LogP contribution in [0.1, 0.15) is 37.8 Å². The van der Waals surface area contributed by atoms with Crippen LogP contribution in [0.3, 0.4) is 0 Å². The molecule has 0 radical (unpaired) electrons. The van der Waals surface area contributed by atoms with Crippen molar-refractivity contribution < 1.29 is 12.8 Å². The van der Waals surface area contributed by atoms with Crippen LogP contribution in [-0.4, -0.2) is 14.5 Å². The van der Waals surface area contributed by atoms with E-state index >= 15 is 0 Å². The third-order valence-electron chi connectivity index (χ3n) is 2.96. The summed E-state index contributed by atoms with van der Waals surface area (Å²) in [5, 5.41) is 0. The van der Waals surface area contributed by atoms with Crippen molar-refractivity contribution in [2.45, 2.75) is 51.1 Å². The zero-order chi connectivity index (χ0) is 14.6. The maximum Gasteiger partial charge on any atom is 0.241 e. The summed E-state index contributed by atoms with van der Waals surface area (Å²) in [5.41, 5.74) is 6.03. The Hall–Kier alpha value is -0.980. The first-order chi connectivity index (χ1) is 8.81. The molecular formula is C13H21FN2O2S. The second-order valence-electron chi connectivity index (χ2n) is 4.72. The second kappa shape index (κ2) is 6.45. The zero-order valence-corrected chi connectivity index (χ0v) is 12.3. The average molecular weight is 288 g/mol. The van der Waals surface area contributed by atoms with Crippen molar-refractivity contribution in [1.29, 1.82) is 0 Å². The van der Waals surface area contributed by atoms with Gasteiger partial charge in [-0.3, -0.25) is 0 Å². The van der Waals surface area contributed by atoms with Crippen LogP contribution < -0.4 is 10.5 Å². The van der Waals surface area contributed by atoms with Gasteiger partial charge in [0.05, 0.1) is 4.90 Å². The lowest BCUT2D eigenvalue weighted by atomic mass is 10.1. The monoisotopic (exact) mass is 288 g/mol. The van der Waals surface area contributed by atoms with E-state index in [0.717, 1.165) is 12.8 Å². The molecular weight excluding hydrogens is 267 g/mol. The molecule has 0 aliphatic rings. The fourth-order valence-corrected chi connectivity index (χ4v) is 3.51. The Balaban J connectivity index is 3.17. The highest BCUT2D eigenvalue weighted by Gasteiger charge is 2.21. The molecule has 4 nitrogen and oxygen atoms in total. The van der Waals surface area contributed by atoms with Crippen LogP contribution in [0.15, 0.2) is 17.0 Å². The molecule has 0 aliphatic carbocycles. The summed E-state index contributed by atoms with van der Waals surface area (Å²) >= 11 is 0. The van der Waals surface area contributed by atoms with Crippen molar-refractivity contribution in [3.63, 3.8) is 0 Å². The maximum atomic E-state index is 13.7. The molecule has 0 saturated heterocycles. The Morgan fingerprint density at radius 1 is 1.42 bits per heavy atom. The predicted octanol–water partition coefficient (Wildman–Crippen LogP) is 2.06. The number of nitrogens with one attached hydrogen (secondary N) is 1. The highest BCUT2D eigenvalue weighted by molar-refractivity contribution is 7.89. The van der Waals surface area contributed by atoms with E-state index in [9.17, 15) is 12.8 Å². The summed E-state index contributed by atoms with van der Waals surface area (Å²) in [6.07, 6.45) is 1.61.